The van der Waals surface area contributed by atoms with Crippen LogP contribution in [0.5, 0.6) is 6.01 Å². The molecule has 0 aliphatic rings. The number of methoxy groups -OCH3 is 1. The highest BCUT2D eigenvalue weighted by Crippen LogP contribution is 2.06. The van der Waals surface area contributed by atoms with E-state index in [4.69, 9.17) is 4.74 Å². The van der Waals surface area contributed by atoms with Crippen molar-refractivity contribution in [2.24, 2.45) is 0 Å². The van der Waals surface area contributed by atoms with Gasteiger partial charge in [-0.2, -0.15) is 0 Å². The molecule has 1 N–H and O–H groups in total. The van der Waals surface area contributed by atoms with Gasteiger partial charge in [-0.1, -0.05) is 6.08 Å². The minimum absolute atomic E-state index is 0.207. The predicted molar refractivity (Wildman–Crippen MR) is 52.0 cm³/mol. The standard InChI is InChI=1S/C9H11N3O2/c1-3-4-8(13)12-7-5-10-9(14-2)11-6-7/h3-6H,1-2H3,(H,12,13)/b4-3+. The van der Waals surface area contributed by atoms with E-state index in [1.54, 1.807) is 13.0 Å². The second kappa shape index (κ2) is 4.96. The van der Waals surface area contributed by atoms with E-state index >= 15 is 0 Å². The lowest BCUT2D eigenvalue weighted by Crippen LogP contribution is -2.08. The molecule has 0 bridgehead atoms. The molecule has 0 fully saturated rings. The summed E-state index contributed by atoms with van der Waals surface area (Å²) in [6, 6.07) is 0.272. The number of carbonyl (C=O) groups is 1. The molecular formula is C9H11N3O2. The predicted octanol–water partition coefficient (Wildman–Crippen LogP) is 1.000. The Hall–Kier alpha value is -1.91. The molecule has 0 aliphatic carbocycles. The lowest BCUT2D eigenvalue weighted by molar-refractivity contribution is -0.111. The first-order chi connectivity index (χ1) is 6.76. The van der Waals surface area contributed by atoms with Gasteiger partial charge in [0.1, 0.15) is 0 Å². The molecule has 0 saturated heterocycles. The normalized spacial score (nSPS) is 10.1. The topological polar surface area (TPSA) is 64.1 Å². The van der Waals surface area contributed by atoms with Crippen LogP contribution in [0.25, 0.3) is 0 Å². The number of amides is 1. The summed E-state index contributed by atoms with van der Waals surface area (Å²) in [7, 11) is 1.48. The molecule has 5 nitrogen and oxygen atoms in total. The molecule has 74 valence electrons. The zero-order valence-corrected chi connectivity index (χ0v) is 8.02. The Morgan fingerprint density at radius 2 is 2.14 bits per heavy atom. The number of hydrogen-bond acceptors (Lipinski definition) is 4. The van der Waals surface area contributed by atoms with E-state index in [2.05, 4.69) is 15.3 Å². The smallest absolute Gasteiger partial charge is 0.316 e. The fourth-order valence-corrected chi connectivity index (χ4v) is 0.821. The summed E-state index contributed by atoms with van der Waals surface area (Å²) in [6.07, 6.45) is 6.03. The van der Waals surface area contributed by atoms with E-state index in [0.717, 1.165) is 0 Å². The summed E-state index contributed by atoms with van der Waals surface area (Å²) in [5.41, 5.74) is 0.536. The van der Waals surface area contributed by atoms with Crippen molar-refractivity contribution in [3.05, 3.63) is 24.5 Å². The number of nitrogens with one attached hydrogen (secondary N) is 1. The SMILES string of the molecule is C/C=C/C(=O)Nc1cnc(OC)nc1. The maximum absolute atomic E-state index is 11.1. The minimum atomic E-state index is -0.207. The third-order valence-corrected chi connectivity index (χ3v) is 1.40. The van der Waals surface area contributed by atoms with E-state index in [1.165, 1.54) is 25.6 Å². The van der Waals surface area contributed by atoms with Crippen molar-refractivity contribution in [1.82, 2.24) is 9.97 Å². The maximum Gasteiger partial charge on any atom is 0.316 e. The highest BCUT2D eigenvalue weighted by Gasteiger charge is 1.99. The number of nitrogens with zero attached hydrogens (tertiary/aromatic N) is 2. The Morgan fingerprint density at radius 3 is 2.64 bits per heavy atom. The number of ether oxygens (including phenoxy) is 1. The molecule has 0 saturated carbocycles. The molecule has 0 atom stereocenters. The van der Waals surface area contributed by atoms with Gasteiger partial charge in [-0.25, -0.2) is 9.97 Å². The van der Waals surface area contributed by atoms with Crippen LogP contribution in [0.2, 0.25) is 0 Å². The Bertz CT molecular complexity index is 332. The zero-order valence-electron chi connectivity index (χ0n) is 8.02. The number of rotatable bonds is 3. The third-order valence-electron chi connectivity index (χ3n) is 1.40. The van der Waals surface area contributed by atoms with E-state index in [1.807, 2.05) is 0 Å². The summed E-state index contributed by atoms with van der Waals surface area (Å²) in [4.78, 5) is 18.8. The molecule has 0 radical (unpaired) electrons. The minimum Gasteiger partial charge on any atom is -0.467 e. The molecule has 5 heteroatoms. The van der Waals surface area contributed by atoms with Crippen LogP contribution in [0.3, 0.4) is 0 Å². The first kappa shape index (κ1) is 10.2. The van der Waals surface area contributed by atoms with Gasteiger partial charge < -0.3 is 10.1 Å². The first-order valence-electron chi connectivity index (χ1n) is 4.06. The van der Waals surface area contributed by atoms with Gasteiger partial charge in [0.2, 0.25) is 5.91 Å². The van der Waals surface area contributed by atoms with Crippen LogP contribution in [-0.4, -0.2) is 23.0 Å². The lowest BCUT2D eigenvalue weighted by atomic mass is 10.4. The van der Waals surface area contributed by atoms with Gasteiger partial charge in [0, 0.05) is 0 Å². The summed E-state index contributed by atoms with van der Waals surface area (Å²) in [5, 5.41) is 2.59. The van der Waals surface area contributed by atoms with Crippen molar-refractivity contribution in [3.8, 4) is 6.01 Å². The summed E-state index contributed by atoms with van der Waals surface area (Å²) >= 11 is 0. The molecule has 1 aromatic rings. The molecule has 1 heterocycles. The molecule has 0 spiro atoms. The van der Waals surface area contributed by atoms with Crippen LogP contribution in [0.1, 0.15) is 6.92 Å². The molecule has 1 amide bonds. The van der Waals surface area contributed by atoms with Gasteiger partial charge in [0.15, 0.2) is 0 Å². The molecule has 0 aliphatic heterocycles. The van der Waals surface area contributed by atoms with Crippen molar-refractivity contribution < 1.29 is 9.53 Å². The van der Waals surface area contributed by atoms with Gasteiger partial charge in [-0.3, -0.25) is 4.79 Å². The fourth-order valence-electron chi connectivity index (χ4n) is 0.821. The van der Waals surface area contributed by atoms with Crippen LogP contribution in [0.15, 0.2) is 24.5 Å². The van der Waals surface area contributed by atoms with Crippen LogP contribution in [0, 0.1) is 0 Å². The monoisotopic (exact) mass is 193 g/mol. The fraction of sp³-hybridized carbons (Fsp3) is 0.222. The second-order valence-electron chi connectivity index (χ2n) is 2.45. The zero-order chi connectivity index (χ0) is 10.4. The molecule has 0 unspecified atom stereocenters. The Morgan fingerprint density at radius 1 is 1.50 bits per heavy atom. The van der Waals surface area contributed by atoms with Crippen molar-refractivity contribution in [2.45, 2.75) is 6.92 Å². The summed E-state index contributed by atoms with van der Waals surface area (Å²) in [5.74, 6) is -0.207. The number of carbonyl (C=O) groups excluding carboxylic acids is 1. The Labute approximate surface area is 81.8 Å². The van der Waals surface area contributed by atoms with Gasteiger partial charge >= 0.3 is 6.01 Å². The average Bonchev–Trinajstić information content (AvgIpc) is 2.19. The van der Waals surface area contributed by atoms with Gasteiger partial charge in [0.25, 0.3) is 0 Å². The number of anilines is 1. The van der Waals surface area contributed by atoms with Crippen molar-refractivity contribution in [2.75, 3.05) is 12.4 Å². The van der Waals surface area contributed by atoms with Crippen LogP contribution in [0.4, 0.5) is 5.69 Å². The maximum atomic E-state index is 11.1. The van der Waals surface area contributed by atoms with E-state index in [-0.39, 0.29) is 11.9 Å². The van der Waals surface area contributed by atoms with Crippen molar-refractivity contribution in [3.63, 3.8) is 0 Å². The number of aromatic nitrogens is 2. The van der Waals surface area contributed by atoms with Crippen LogP contribution in [-0.2, 0) is 4.79 Å². The lowest BCUT2D eigenvalue weighted by Gasteiger charge is -2.01. The molecular weight excluding hydrogens is 182 g/mol. The van der Waals surface area contributed by atoms with Crippen LogP contribution >= 0.6 is 0 Å². The number of hydrogen-bond donors (Lipinski definition) is 1. The largest absolute Gasteiger partial charge is 0.467 e. The Kier molecular flexibility index (Phi) is 3.60. The molecule has 14 heavy (non-hydrogen) atoms. The molecule has 1 aromatic heterocycles. The summed E-state index contributed by atoms with van der Waals surface area (Å²) < 4.78 is 4.77. The van der Waals surface area contributed by atoms with Crippen molar-refractivity contribution >= 4 is 11.6 Å². The second-order valence-corrected chi connectivity index (χ2v) is 2.45. The quantitative estimate of drug-likeness (QED) is 0.727. The van der Waals surface area contributed by atoms with Crippen molar-refractivity contribution in [1.29, 1.82) is 0 Å². The van der Waals surface area contributed by atoms with Gasteiger partial charge in [-0.15, -0.1) is 0 Å². The van der Waals surface area contributed by atoms with Crippen LogP contribution < -0.4 is 10.1 Å². The average molecular weight is 193 g/mol. The van der Waals surface area contributed by atoms with Gasteiger partial charge in [-0.05, 0) is 13.0 Å². The highest BCUT2D eigenvalue weighted by molar-refractivity contribution is 5.98. The highest BCUT2D eigenvalue weighted by atomic mass is 16.5. The molecule has 1 rings (SSSR count). The Balaban J connectivity index is 2.64. The first-order valence-corrected chi connectivity index (χ1v) is 4.06. The molecule has 0 aromatic carbocycles. The van der Waals surface area contributed by atoms with E-state index in [9.17, 15) is 4.79 Å². The van der Waals surface area contributed by atoms with Gasteiger partial charge in [0.05, 0.1) is 25.2 Å². The third kappa shape index (κ3) is 2.85. The van der Waals surface area contributed by atoms with E-state index < -0.39 is 0 Å². The summed E-state index contributed by atoms with van der Waals surface area (Å²) in [6.45, 7) is 1.77. The number of allylic oxidation sites excluding steroid dienone is 1. The van der Waals surface area contributed by atoms with E-state index in [0.29, 0.717) is 5.69 Å².